The monoisotopic (exact) mass is 478 g/mol. The predicted octanol–water partition coefficient (Wildman–Crippen LogP) is 5.34. The Labute approximate surface area is 200 Å². The molecule has 1 heterocycles. The minimum atomic E-state index is -0.820. The van der Waals surface area contributed by atoms with Gasteiger partial charge < -0.3 is 4.74 Å². The Kier molecular flexibility index (Phi) is 6.47. The highest BCUT2D eigenvalue weighted by molar-refractivity contribution is 6.39. The van der Waals surface area contributed by atoms with E-state index in [1.54, 1.807) is 49.4 Å². The summed E-state index contributed by atoms with van der Waals surface area (Å²) in [5.74, 6) is -1.57. The molecule has 6 nitrogen and oxygen atoms in total. The molecule has 1 aliphatic rings. The number of urea groups is 1. The summed E-state index contributed by atoms with van der Waals surface area (Å²) in [6, 6.07) is 15.2. The van der Waals surface area contributed by atoms with Crippen LogP contribution in [-0.2, 0) is 16.2 Å². The van der Waals surface area contributed by atoms with E-state index in [1.807, 2.05) is 13.0 Å². The zero-order chi connectivity index (χ0) is 24.4. The van der Waals surface area contributed by atoms with E-state index in [0.29, 0.717) is 27.6 Å². The molecule has 0 radical (unpaired) electrons. The van der Waals surface area contributed by atoms with Crippen molar-refractivity contribution in [2.45, 2.75) is 20.5 Å². The number of ether oxygens (including phenoxy) is 1. The number of rotatable bonds is 5. The Morgan fingerprint density at radius 3 is 2.47 bits per heavy atom. The second-order valence-corrected chi connectivity index (χ2v) is 8.28. The number of carbonyl (C=O) groups is 3. The summed E-state index contributed by atoms with van der Waals surface area (Å²) in [5.41, 5.74) is 2.81. The van der Waals surface area contributed by atoms with Gasteiger partial charge >= 0.3 is 6.03 Å². The SMILES string of the molecule is Cc1ccc(C)c(N2C(=O)NC(=O)/C(=C\c3cc(Cl)ccc3OCc3ccc(F)cc3)C2=O)c1. The highest BCUT2D eigenvalue weighted by Crippen LogP contribution is 2.30. The van der Waals surface area contributed by atoms with Crippen LogP contribution in [-0.4, -0.2) is 17.8 Å². The molecule has 0 aromatic heterocycles. The quantitative estimate of drug-likeness (QED) is 0.396. The van der Waals surface area contributed by atoms with Crippen LogP contribution in [0.25, 0.3) is 6.08 Å². The van der Waals surface area contributed by atoms with Crippen molar-refractivity contribution in [3.63, 3.8) is 0 Å². The topological polar surface area (TPSA) is 75.7 Å². The molecule has 1 aliphatic heterocycles. The van der Waals surface area contributed by atoms with E-state index >= 15 is 0 Å². The van der Waals surface area contributed by atoms with Crippen molar-refractivity contribution < 1.29 is 23.5 Å². The van der Waals surface area contributed by atoms with Crippen molar-refractivity contribution in [3.8, 4) is 5.75 Å². The van der Waals surface area contributed by atoms with Gasteiger partial charge in [0, 0.05) is 10.6 Å². The van der Waals surface area contributed by atoms with Crippen LogP contribution >= 0.6 is 11.6 Å². The number of halogens is 2. The fourth-order valence-corrected chi connectivity index (χ4v) is 3.68. The van der Waals surface area contributed by atoms with Gasteiger partial charge in [-0.05, 0) is 73.0 Å². The molecule has 4 rings (SSSR count). The van der Waals surface area contributed by atoms with Crippen molar-refractivity contribution in [1.29, 1.82) is 0 Å². The number of anilines is 1. The smallest absolute Gasteiger partial charge is 0.335 e. The zero-order valence-electron chi connectivity index (χ0n) is 18.4. The van der Waals surface area contributed by atoms with E-state index in [-0.39, 0.29) is 18.0 Å². The molecule has 4 amide bonds. The number of nitrogens with one attached hydrogen (secondary N) is 1. The number of amides is 4. The van der Waals surface area contributed by atoms with E-state index in [4.69, 9.17) is 16.3 Å². The predicted molar refractivity (Wildman–Crippen MR) is 127 cm³/mol. The van der Waals surface area contributed by atoms with Gasteiger partial charge in [-0.25, -0.2) is 14.1 Å². The molecule has 1 N–H and O–H groups in total. The molecule has 8 heteroatoms. The summed E-state index contributed by atoms with van der Waals surface area (Å²) in [5, 5.41) is 2.59. The number of hydrogen-bond donors (Lipinski definition) is 1. The van der Waals surface area contributed by atoms with Crippen LogP contribution in [0.15, 0.2) is 66.2 Å². The standard InChI is InChI=1S/C26H20ClFN2O4/c1-15-3-4-16(2)22(11-15)30-25(32)21(24(31)29-26(30)33)13-18-12-19(27)7-10-23(18)34-14-17-5-8-20(28)9-6-17/h3-13H,14H2,1-2H3,(H,29,31,33)/b21-13+. The van der Waals surface area contributed by atoms with Crippen LogP contribution in [0.5, 0.6) is 5.75 Å². The summed E-state index contributed by atoms with van der Waals surface area (Å²) < 4.78 is 19.0. The maximum Gasteiger partial charge on any atom is 0.335 e. The number of hydrogen-bond acceptors (Lipinski definition) is 4. The summed E-state index contributed by atoms with van der Waals surface area (Å²) in [4.78, 5) is 39.4. The second-order valence-electron chi connectivity index (χ2n) is 7.85. The molecule has 0 spiro atoms. The van der Waals surface area contributed by atoms with Gasteiger partial charge in [-0.3, -0.25) is 14.9 Å². The highest BCUT2D eigenvalue weighted by Gasteiger charge is 2.37. The third-order valence-electron chi connectivity index (χ3n) is 5.29. The number of barbiturate groups is 1. The van der Waals surface area contributed by atoms with Gasteiger partial charge in [-0.2, -0.15) is 0 Å². The molecule has 0 unspecified atom stereocenters. The second kappa shape index (κ2) is 9.49. The minimum Gasteiger partial charge on any atom is -0.488 e. The van der Waals surface area contributed by atoms with Gasteiger partial charge in [0.2, 0.25) is 0 Å². The molecule has 3 aromatic carbocycles. The Bertz CT molecular complexity index is 1340. The number of benzene rings is 3. The maximum atomic E-state index is 13.3. The molecule has 0 saturated carbocycles. The van der Waals surface area contributed by atoms with Crippen molar-refractivity contribution in [2.75, 3.05) is 4.90 Å². The Morgan fingerprint density at radius 1 is 1.00 bits per heavy atom. The molecule has 0 bridgehead atoms. The van der Waals surface area contributed by atoms with Crippen LogP contribution in [0.4, 0.5) is 14.9 Å². The van der Waals surface area contributed by atoms with E-state index in [9.17, 15) is 18.8 Å². The average Bonchev–Trinajstić information content (AvgIpc) is 2.79. The summed E-state index contributed by atoms with van der Waals surface area (Å²) in [6.07, 6.45) is 1.34. The van der Waals surface area contributed by atoms with Crippen molar-refractivity contribution in [2.24, 2.45) is 0 Å². The Hall–Kier alpha value is -3.97. The Morgan fingerprint density at radius 2 is 1.74 bits per heavy atom. The summed E-state index contributed by atoms with van der Waals surface area (Å²) in [7, 11) is 0. The van der Waals surface area contributed by atoms with Crippen LogP contribution in [0.3, 0.4) is 0 Å². The fourth-order valence-electron chi connectivity index (χ4n) is 3.50. The molecule has 0 atom stereocenters. The maximum absolute atomic E-state index is 13.3. The third kappa shape index (κ3) is 4.84. The molecule has 1 saturated heterocycles. The summed E-state index contributed by atoms with van der Waals surface area (Å²) in [6.45, 7) is 3.74. The van der Waals surface area contributed by atoms with Gasteiger partial charge in [-0.1, -0.05) is 35.9 Å². The first-order valence-corrected chi connectivity index (χ1v) is 10.8. The highest BCUT2D eigenvalue weighted by atomic mass is 35.5. The van der Waals surface area contributed by atoms with Gasteiger partial charge in [0.25, 0.3) is 11.8 Å². The minimum absolute atomic E-state index is 0.130. The van der Waals surface area contributed by atoms with Gasteiger partial charge in [-0.15, -0.1) is 0 Å². The first kappa shape index (κ1) is 23.2. The van der Waals surface area contributed by atoms with Gasteiger partial charge in [0.15, 0.2) is 0 Å². The number of carbonyl (C=O) groups excluding carboxylic acids is 3. The number of aryl methyl sites for hydroxylation is 2. The van der Waals surface area contributed by atoms with E-state index in [1.165, 1.54) is 18.2 Å². The number of imide groups is 2. The lowest BCUT2D eigenvalue weighted by molar-refractivity contribution is -0.122. The van der Waals surface area contributed by atoms with E-state index < -0.39 is 17.8 Å². The van der Waals surface area contributed by atoms with E-state index in [0.717, 1.165) is 16.0 Å². The van der Waals surface area contributed by atoms with Crippen LogP contribution in [0.1, 0.15) is 22.3 Å². The molecule has 34 heavy (non-hydrogen) atoms. The van der Waals surface area contributed by atoms with Crippen molar-refractivity contribution in [3.05, 3.63) is 99.3 Å². The molecule has 3 aromatic rings. The van der Waals surface area contributed by atoms with Crippen molar-refractivity contribution >= 4 is 41.2 Å². The van der Waals surface area contributed by atoms with Crippen LogP contribution < -0.4 is 15.0 Å². The zero-order valence-corrected chi connectivity index (χ0v) is 19.2. The first-order valence-electron chi connectivity index (χ1n) is 10.4. The normalized spacial score (nSPS) is 15.0. The first-order chi connectivity index (χ1) is 16.2. The molecule has 172 valence electrons. The van der Waals surface area contributed by atoms with E-state index in [2.05, 4.69) is 5.32 Å². The largest absolute Gasteiger partial charge is 0.488 e. The van der Waals surface area contributed by atoms with Crippen molar-refractivity contribution in [1.82, 2.24) is 5.32 Å². The van der Waals surface area contributed by atoms with Crippen LogP contribution in [0.2, 0.25) is 5.02 Å². The lowest BCUT2D eigenvalue weighted by Gasteiger charge is -2.28. The molecule has 0 aliphatic carbocycles. The summed E-state index contributed by atoms with van der Waals surface area (Å²) >= 11 is 6.15. The lowest BCUT2D eigenvalue weighted by atomic mass is 10.0. The molecule has 1 fully saturated rings. The lowest BCUT2D eigenvalue weighted by Crippen LogP contribution is -2.54. The van der Waals surface area contributed by atoms with Gasteiger partial charge in [0.05, 0.1) is 5.69 Å². The molecular formula is C26H20ClFN2O4. The van der Waals surface area contributed by atoms with Crippen LogP contribution in [0, 0.1) is 19.7 Å². The number of nitrogens with zero attached hydrogens (tertiary/aromatic N) is 1. The average molecular weight is 479 g/mol. The fraction of sp³-hybridized carbons (Fsp3) is 0.115. The Balaban J connectivity index is 1.69. The molecular weight excluding hydrogens is 459 g/mol. The third-order valence-corrected chi connectivity index (χ3v) is 5.52. The van der Waals surface area contributed by atoms with Gasteiger partial charge in [0.1, 0.15) is 23.7 Å².